The molecule has 0 unspecified atom stereocenters. The first-order valence-electron chi connectivity index (χ1n) is 12.3. The van der Waals surface area contributed by atoms with Crippen LogP contribution in [0.5, 0.6) is 0 Å². The van der Waals surface area contributed by atoms with Crippen molar-refractivity contribution in [1.82, 2.24) is 15.1 Å². The topological polar surface area (TPSA) is 48.1 Å². The Hall–Kier alpha value is -2.41. The van der Waals surface area contributed by atoms with Crippen molar-refractivity contribution in [2.24, 2.45) is 0 Å². The summed E-state index contributed by atoms with van der Waals surface area (Å²) < 4.78 is 5.73. The second-order valence-corrected chi connectivity index (χ2v) is 9.76. The Morgan fingerprint density at radius 2 is 1.73 bits per heavy atom. The van der Waals surface area contributed by atoms with Gasteiger partial charge in [0, 0.05) is 75.8 Å². The van der Waals surface area contributed by atoms with Gasteiger partial charge in [-0.05, 0) is 55.6 Å². The number of benzene rings is 2. The van der Waals surface area contributed by atoms with Crippen LogP contribution in [0, 0.1) is 0 Å². The fraction of sp³-hybridized carbons (Fsp3) is 0.519. The van der Waals surface area contributed by atoms with Crippen molar-refractivity contribution in [3.8, 4) is 0 Å². The van der Waals surface area contributed by atoms with E-state index in [0.29, 0.717) is 6.54 Å². The molecule has 0 aromatic heterocycles. The smallest absolute Gasteiger partial charge is 0.251 e. The lowest BCUT2D eigenvalue weighted by molar-refractivity contribution is -0.0298. The van der Waals surface area contributed by atoms with Gasteiger partial charge in [-0.25, -0.2) is 0 Å². The van der Waals surface area contributed by atoms with Gasteiger partial charge in [-0.15, -0.1) is 0 Å². The zero-order chi connectivity index (χ0) is 22.7. The molecule has 0 spiro atoms. The molecule has 0 atom stereocenters. The molecule has 6 heteroatoms. The molecular formula is C27H36N4O2. The fourth-order valence-electron chi connectivity index (χ4n) is 5.74. The fourth-order valence-corrected chi connectivity index (χ4v) is 5.74. The third-order valence-corrected chi connectivity index (χ3v) is 7.77. The van der Waals surface area contributed by atoms with Gasteiger partial charge < -0.3 is 19.9 Å². The van der Waals surface area contributed by atoms with Crippen molar-refractivity contribution < 1.29 is 9.53 Å². The van der Waals surface area contributed by atoms with Crippen molar-refractivity contribution in [3.63, 3.8) is 0 Å². The number of hydrogen-bond acceptors (Lipinski definition) is 5. The molecule has 33 heavy (non-hydrogen) atoms. The summed E-state index contributed by atoms with van der Waals surface area (Å²) in [7, 11) is 2.14. The van der Waals surface area contributed by atoms with E-state index < -0.39 is 0 Å². The normalized spacial score (nSPS) is 21.4. The Bertz CT molecular complexity index is 950. The number of hydrogen-bond donors (Lipinski definition) is 1. The number of carbonyl (C=O) groups excluding carboxylic acids is 1. The van der Waals surface area contributed by atoms with Crippen LogP contribution in [0.2, 0.25) is 0 Å². The van der Waals surface area contributed by atoms with E-state index in [1.807, 2.05) is 12.1 Å². The molecule has 0 saturated carbocycles. The zero-order valence-corrected chi connectivity index (χ0v) is 19.8. The number of rotatable bonds is 5. The second kappa shape index (κ2) is 9.84. The predicted molar refractivity (Wildman–Crippen MR) is 132 cm³/mol. The first kappa shape index (κ1) is 22.4. The number of ether oxygens (including phenoxy) is 1. The Morgan fingerprint density at radius 1 is 0.970 bits per heavy atom. The molecule has 2 aromatic rings. The summed E-state index contributed by atoms with van der Waals surface area (Å²) >= 11 is 0. The third kappa shape index (κ3) is 4.79. The highest BCUT2D eigenvalue weighted by molar-refractivity contribution is 5.96. The number of nitrogens with zero attached hydrogens (tertiary/aromatic N) is 3. The summed E-state index contributed by atoms with van der Waals surface area (Å²) in [6, 6.07) is 16.9. The molecule has 3 aliphatic rings. The molecule has 0 radical (unpaired) electrons. The van der Waals surface area contributed by atoms with Crippen LogP contribution in [0.15, 0.2) is 48.5 Å². The number of carbonyl (C=O) groups is 1. The Morgan fingerprint density at radius 3 is 2.48 bits per heavy atom. The van der Waals surface area contributed by atoms with Crippen LogP contribution >= 0.6 is 0 Å². The van der Waals surface area contributed by atoms with Gasteiger partial charge in [0.05, 0.1) is 0 Å². The summed E-state index contributed by atoms with van der Waals surface area (Å²) in [5.41, 5.74) is 4.65. The van der Waals surface area contributed by atoms with E-state index in [0.717, 1.165) is 77.3 Å². The molecule has 1 amide bonds. The second-order valence-electron chi connectivity index (χ2n) is 9.76. The zero-order valence-electron chi connectivity index (χ0n) is 19.8. The number of likely N-dealkylation sites (N-methyl/N-ethyl adjacent to an activating group) is 1. The predicted octanol–water partition coefficient (Wildman–Crippen LogP) is 2.78. The van der Waals surface area contributed by atoms with Gasteiger partial charge in [0.25, 0.3) is 5.91 Å². The number of fused-ring (bicyclic) bond motifs is 1. The Balaban J connectivity index is 1.27. The summed E-state index contributed by atoms with van der Waals surface area (Å²) in [5, 5.41) is 3.35. The average molecular weight is 449 g/mol. The van der Waals surface area contributed by atoms with Crippen LogP contribution in [-0.4, -0.2) is 80.8 Å². The molecule has 3 aliphatic heterocycles. The van der Waals surface area contributed by atoms with Gasteiger partial charge in [0.1, 0.15) is 0 Å². The minimum Gasteiger partial charge on any atom is -0.381 e. The first-order valence-corrected chi connectivity index (χ1v) is 12.3. The lowest BCUT2D eigenvalue weighted by Crippen LogP contribution is -2.63. The number of piperazine rings is 1. The number of anilines is 1. The van der Waals surface area contributed by atoms with Crippen LogP contribution in [0.3, 0.4) is 0 Å². The van der Waals surface area contributed by atoms with Crippen molar-refractivity contribution >= 4 is 11.6 Å². The van der Waals surface area contributed by atoms with E-state index >= 15 is 0 Å². The molecule has 1 N–H and O–H groups in total. The van der Waals surface area contributed by atoms with Gasteiger partial charge in [-0.3, -0.25) is 9.69 Å². The van der Waals surface area contributed by atoms with E-state index in [9.17, 15) is 4.79 Å². The minimum atomic E-state index is -0.0221. The maximum absolute atomic E-state index is 13.3. The molecule has 0 aliphatic carbocycles. The number of amides is 1. The Kier molecular flexibility index (Phi) is 6.67. The van der Waals surface area contributed by atoms with Crippen molar-refractivity contribution in [3.05, 3.63) is 65.2 Å². The largest absolute Gasteiger partial charge is 0.381 e. The molecule has 6 nitrogen and oxygen atoms in total. The highest BCUT2D eigenvalue weighted by Gasteiger charge is 2.40. The first-order chi connectivity index (χ1) is 16.1. The molecule has 3 heterocycles. The average Bonchev–Trinajstić information content (AvgIpc) is 2.88. The molecule has 176 valence electrons. The SMILES string of the molecule is CN1CCc2c(cccc2C(=O)NCC2(N3CCN(c4ccccc4)CC3)CCOCC2)C1. The number of para-hydroxylation sites is 1. The van der Waals surface area contributed by atoms with Crippen LogP contribution in [0.25, 0.3) is 0 Å². The van der Waals surface area contributed by atoms with Gasteiger partial charge >= 0.3 is 0 Å². The van der Waals surface area contributed by atoms with E-state index in [1.54, 1.807) is 0 Å². The van der Waals surface area contributed by atoms with E-state index in [-0.39, 0.29) is 11.4 Å². The Labute approximate surface area is 197 Å². The van der Waals surface area contributed by atoms with Gasteiger partial charge in [0.15, 0.2) is 0 Å². The summed E-state index contributed by atoms with van der Waals surface area (Å²) in [6.45, 7) is 8.19. The maximum Gasteiger partial charge on any atom is 0.251 e. The summed E-state index contributed by atoms with van der Waals surface area (Å²) in [5.74, 6) is 0.0743. The van der Waals surface area contributed by atoms with E-state index in [4.69, 9.17) is 4.74 Å². The van der Waals surface area contributed by atoms with E-state index in [2.05, 4.69) is 63.5 Å². The molecular weight excluding hydrogens is 412 g/mol. The van der Waals surface area contributed by atoms with Crippen LogP contribution < -0.4 is 10.2 Å². The van der Waals surface area contributed by atoms with Gasteiger partial charge in [0.2, 0.25) is 0 Å². The van der Waals surface area contributed by atoms with Gasteiger partial charge in [-0.1, -0.05) is 30.3 Å². The number of nitrogens with one attached hydrogen (secondary N) is 1. The van der Waals surface area contributed by atoms with Crippen molar-refractivity contribution in [2.75, 3.05) is 64.4 Å². The van der Waals surface area contributed by atoms with Crippen LogP contribution in [-0.2, 0) is 17.7 Å². The van der Waals surface area contributed by atoms with Crippen molar-refractivity contribution in [2.45, 2.75) is 31.3 Å². The maximum atomic E-state index is 13.3. The van der Waals surface area contributed by atoms with Crippen molar-refractivity contribution in [1.29, 1.82) is 0 Å². The molecule has 2 saturated heterocycles. The molecule has 0 bridgehead atoms. The lowest BCUT2D eigenvalue weighted by atomic mass is 9.86. The minimum absolute atomic E-state index is 0.0221. The van der Waals surface area contributed by atoms with Crippen LogP contribution in [0.1, 0.15) is 34.3 Å². The van der Waals surface area contributed by atoms with Gasteiger partial charge in [-0.2, -0.15) is 0 Å². The highest BCUT2D eigenvalue weighted by Crippen LogP contribution is 2.30. The third-order valence-electron chi connectivity index (χ3n) is 7.77. The van der Waals surface area contributed by atoms with E-state index in [1.165, 1.54) is 16.8 Å². The standard InChI is InChI=1S/C27H36N4O2/c1-29-13-10-24-22(20-29)6-5-9-25(24)26(32)28-21-27(11-18-33-19-12-27)31-16-14-30(15-17-31)23-7-3-2-4-8-23/h2-9H,10-21H2,1H3,(H,28,32). The summed E-state index contributed by atoms with van der Waals surface area (Å²) in [6.07, 6.45) is 2.88. The quantitative estimate of drug-likeness (QED) is 0.762. The molecule has 2 aromatic carbocycles. The lowest BCUT2D eigenvalue weighted by Gasteiger charge is -2.50. The molecule has 5 rings (SSSR count). The highest BCUT2D eigenvalue weighted by atomic mass is 16.5. The molecule has 2 fully saturated rings. The van der Waals surface area contributed by atoms with Crippen LogP contribution in [0.4, 0.5) is 5.69 Å². The summed E-state index contributed by atoms with van der Waals surface area (Å²) in [4.78, 5) is 20.7. The monoisotopic (exact) mass is 448 g/mol.